The fraction of sp³-hybridized carbons (Fsp3) is 0.538. The van der Waals surface area contributed by atoms with Gasteiger partial charge in [-0.2, -0.15) is 0 Å². The van der Waals surface area contributed by atoms with E-state index >= 15 is 0 Å². The Balaban J connectivity index is 1.87. The Morgan fingerprint density at radius 2 is 2.39 bits per heavy atom. The number of hydrogen-bond acceptors (Lipinski definition) is 5. The molecule has 0 spiro atoms. The minimum absolute atomic E-state index is 0.288. The van der Waals surface area contributed by atoms with Gasteiger partial charge in [0.05, 0.1) is 5.39 Å². The first-order valence-electron chi connectivity index (χ1n) is 6.42. The number of anilines is 1. The molecule has 0 aromatic carbocycles. The summed E-state index contributed by atoms with van der Waals surface area (Å²) in [6, 6.07) is 2.10. The third-order valence-corrected chi connectivity index (χ3v) is 4.42. The van der Waals surface area contributed by atoms with Gasteiger partial charge in [0.2, 0.25) is 0 Å². The Morgan fingerprint density at radius 1 is 1.44 bits per heavy atom. The van der Waals surface area contributed by atoms with Gasteiger partial charge in [-0.1, -0.05) is 0 Å². The molecule has 1 aliphatic heterocycles. The van der Waals surface area contributed by atoms with Crippen LogP contribution in [-0.2, 0) is 0 Å². The van der Waals surface area contributed by atoms with E-state index in [1.165, 1.54) is 12.8 Å². The highest BCUT2D eigenvalue weighted by atomic mass is 32.1. The molecule has 2 aromatic heterocycles. The van der Waals surface area contributed by atoms with Crippen molar-refractivity contribution in [1.29, 1.82) is 0 Å². The van der Waals surface area contributed by atoms with Crippen LogP contribution in [0.2, 0.25) is 0 Å². The van der Waals surface area contributed by atoms with Gasteiger partial charge in [-0.3, -0.25) is 0 Å². The van der Waals surface area contributed by atoms with Gasteiger partial charge in [-0.05, 0) is 36.6 Å². The average molecular weight is 263 g/mol. The van der Waals surface area contributed by atoms with Crippen LogP contribution in [0.15, 0.2) is 17.8 Å². The fourth-order valence-corrected chi connectivity index (χ4v) is 3.43. The van der Waals surface area contributed by atoms with Crippen LogP contribution in [0.25, 0.3) is 10.2 Å². The number of fused-ring (bicyclic) bond motifs is 1. The van der Waals surface area contributed by atoms with Crippen LogP contribution in [-0.4, -0.2) is 34.8 Å². The molecule has 18 heavy (non-hydrogen) atoms. The molecule has 0 aliphatic carbocycles. The lowest BCUT2D eigenvalue weighted by molar-refractivity contribution is 0.244. The van der Waals surface area contributed by atoms with E-state index in [2.05, 4.69) is 26.3 Å². The molecule has 3 heterocycles. The maximum Gasteiger partial charge on any atom is 0.140 e. The number of hydrogen-bond donors (Lipinski definition) is 1. The summed E-state index contributed by atoms with van der Waals surface area (Å²) in [5, 5.41) is 12.3. The summed E-state index contributed by atoms with van der Waals surface area (Å²) in [6.45, 7) is 2.35. The van der Waals surface area contributed by atoms with Crippen molar-refractivity contribution in [2.24, 2.45) is 5.92 Å². The van der Waals surface area contributed by atoms with Crippen molar-refractivity contribution in [1.82, 2.24) is 9.97 Å². The second kappa shape index (κ2) is 5.20. The monoisotopic (exact) mass is 263 g/mol. The van der Waals surface area contributed by atoms with Crippen LogP contribution < -0.4 is 4.90 Å². The molecule has 1 fully saturated rings. The fourth-order valence-electron chi connectivity index (χ4n) is 2.70. The molecule has 1 atom stereocenters. The first-order valence-corrected chi connectivity index (χ1v) is 7.30. The molecular weight excluding hydrogens is 246 g/mol. The van der Waals surface area contributed by atoms with Crippen LogP contribution in [0.3, 0.4) is 0 Å². The second-order valence-corrected chi connectivity index (χ2v) is 5.70. The third kappa shape index (κ3) is 2.20. The molecule has 1 unspecified atom stereocenters. The molecule has 0 saturated carbocycles. The number of rotatable bonds is 3. The quantitative estimate of drug-likeness (QED) is 0.923. The average Bonchev–Trinajstić information content (AvgIpc) is 2.87. The van der Waals surface area contributed by atoms with Crippen LogP contribution in [0.1, 0.15) is 19.3 Å². The van der Waals surface area contributed by atoms with Gasteiger partial charge in [-0.15, -0.1) is 11.3 Å². The van der Waals surface area contributed by atoms with E-state index in [4.69, 9.17) is 5.11 Å². The molecule has 2 aromatic rings. The van der Waals surface area contributed by atoms with E-state index in [1.54, 1.807) is 17.7 Å². The first kappa shape index (κ1) is 11.9. The molecule has 4 nitrogen and oxygen atoms in total. The maximum atomic E-state index is 9.07. The van der Waals surface area contributed by atoms with Crippen molar-refractivity contribution < 1.29 is 5.11 Å². The molecule has 5 heteroatoms. The lowest BCUT2D eigenvalue weighted by Crippen LogP contribution is -2.36. The molecule has 0 amide bonds. The smallest absolute Gasteiger partial charge is 0.140 e. The zero-order chi connectivity index (χ0) is 12.4. The van der Waals surface area contributed by atoms with E-state index < -0.39 is 0 Å². The predicted octanol–water partition coefficient (Wildman–Crippen LogP) is 2.29. The number of aliphatic hydroxyl groups excluding tert-OH is 1. The molecule has 1 saturated heterocycles. The van der Waals surface area contributed by atoms with E-state index in [1.807, 2.05) is 0 Å². The molecule has 96 valence electrons. The summed E-state index contributed by atoms with van der Waals surface area (Å²) in [5.74, 6) is 1.65. The summed E-state index contributed by atoms with van der Waals surface area (Å²) in [6.07, 6.45) is 4.95. The van der Waals surface area contributed by atoms with Crippen molar-refractivity contribution in [2.75, 3.05) is 24.6 Å². The summed E-state index contributed by atoms with van der Waals surface area (Å²) in [7, 11) is 0. The largest absolute Gasteiger partial charge is 0.396 e. The maximum absolute atomic E-state index is 9.07. The van der Waals surface area contributed by atoms with Gasteiger partial charge >= 0.3 is 0 Å². The van der Waals surface area contributed by atoms with E-state index in [0.29, 0.717) is 5.92 Å². The molecule has 1 aliphatic rings. The van der Waals surface area contributed by atoms with Crippen LogP contribution in [0, 0.1) is 5.92 Å². The Bertz CT molecular complexity index is 526. The summed E-state index contributed by atoms with van der Waals surface area (Å²) in [4.78, 5) is 12.2. The minimum atomic E-state index is 0.288. The number of piperidine rings is 1. The standard InChI is InChI=1S/C13H17N3OS/c17-6-3-10-2-1-5-16(8-10)12-11-4-7-18-13(11)15-9-14-12/h4,7,9-10,17H,1-3,5-6,8H2. The Kier molecular flexibility index (Phi) is 3.43. The van der Waals surface area contributed by atoms with Crippen LogP contribution in [0.4, 0.5) is 5.82 Å². The first-order chi connectivity index (χ1) is 8.88. The number of aromatic nitrogens is 2. The van der Waals surface area contributed by atoms with Crippen molar-refractivity contribution in [3.63, 3.8) is 0 Å². The van der Waals surface area contributed by atoms with Gasteiger partial charge < -0.3 is 10.0 Å². The van der Waals surface area contributed by atoms with Crippen LogP contribution in [0.5, 0.6) is 0 Å². The van der Waals surface area contributed by atoms with E-state index in [-0.39, 0.29) is 6.61 Å². The molecular formula is C13H17N3OS. The summed E-state index contributed by atoms with van der Waals surface area (Å²) < 4.78 is 0. The zero-order valence-corrected chi connectivity index (χ0v) is 11.1. The normalized spacial score (nSPS) is 20.5. The van der Waals surface area contributed by atoms with Gasteiger partial charge in [0.25, 0.3) is 0 Å². The predicted molar refractivity (Wildman–Crippen MR) is 74.1 cm³/mol. The molecule has 3 rings (SSSR count). The van der Waals surface area contributed by atoms with Gasteiger partial charge in [0.1, 0.15) is 17.0 Å². The number of nitrogens with zero attached hydrogens (tertiary/aromatic N) is 3. The van der Waals surface area contributed by atoms with Crippen LogP contribution >= 0.6 is 11.3 Å². The van der Waals surface area contributed by atoms with Crippen molar-refractivity contribution in [3.8, 4) is 0 Å². The molecule has 0 radical (unpaired) electrons. The highest BCUT2D eigenvalue weighted by Gasteiger charge is 2.22. The Morgan fingerprint density at radius 3 is 3.28 bits per heavy atom. The number of thiophene rings is 1. The Labute approximate surface area is 110 Å². The topological polar surface area (TPSA) is 49.2 Å². The van der Waals surface area contributed by atoms with Crippen molar-refractivity contribution >= 4 is 27.4 Å². The highest BCUT2D eigenvalue weighted by Crippen LogP contribution is 2.30. The third-order valence-electron chi connectivity index (χ3n) is 3.60. The SMILES string of the molecule is OCCC1CCCN(c2ncnc3sccc23)C1. The lowest BCUT2D eigenvalue weighted by atomic mass is 9.95. The van der Waals surface area contributed by atoms with E-state index in [9.17, 15) is 0 Å². The number of aliphatic hydroxyl groups is 1. The minimum Gasteiger partial charge on any atom is -0.396 e. The summed E-state index contributed by atoms with van der Waals surface area (Å²) in [5.41, 5.74) is 0. The van der Waals surface area contributed by atoms with E-state index in [0.717, 1.165) is 35.5 Å². The highest BCUT2D eigenvalue weighted by molar-refractivity contribution is 7.16. The Hall–Kier alpha value is -1.20. The van der Waals surface area contributed by atoms with Crippen molar-refractivity contribution in [3.05, 3.63) is 17.8 Å². The van der Waals surface area contributed by atoms with Crippen molar-refractivity contribution in [2.45, 2.75) is 19.3 Å². The zero-order valence-electron chi connectivity index (χ0n) is 10.2. The lowest BCUT2D eigenvalue weighted by Gasteiger charge is -2.33. The van der Waals surface area contributed by atoms with Gasteiger partial charge in [-0.25, -0.2) is 9.97 Å². The molecule has 1 N–H and O–H groups in total. The van der Waals surface area contributed by atoms with Gasteiger partial charge in [0, 0.05) is 19.7 Å². The van der Waals surface area contributed by atoms with Gasteiger partial charge in [0.15, 0.2) is 0 Å². The summed E-state index contributed by atoms with van der Waals surface area (Å²) >= 11 is 1.66. The second-order valence-electron chi connectivity index (χ2n) is 4.80. The molecule has 0 bridgehead atoms.